The zero-order chi connectivity index (χ0) is 12.2. The summed E-state index contributed by atoms with van der Waals surface area (Å²) < 4.78 is 5.99. The summed E-state index contributed by atoms with van der Waals surface area (Å²) in [6, 6.07) is 5.69. The van der Waals surface area contributed by atoms with Crippen molar-refractivity contribution in [3.8, 4) is 0 Å². The van der Waals surface area contributed by atoms with Gasteiger partial charge in [0.1, 0.15) is 5.78 Å². The molecule has 3 nitrogen and oxygen atoms in total. The summed E-state index contributed by atoms with van der Waals surface area (Å²) in [6.45, 7) is 7.93. The van der Waals surface area contributed by atoms with Crippen LogP contribution in [-0.4, -0.2) is 19.1 Å². The third-order valence-corrected chi connectivity index (χ3v) is 2.98. The van der Waals surface area contributed by atoms with E-state index < -0.39 is 8.32 Å². The van der Waals surface area contributed by atoms with Gasteiger partial charge < -0.3 is 4.43 Å². The Morgan fingerprint density at radius 3 is 2.56 bits per heavy atom. The molecule has 4 heteroatoms. The van der Waals surface area contributed by atoms with Crippen LogP contribution in [0.15, 0.2) is 24.4 Å². The van der Waals surface area contributed by atoms with Crippen LogP contribution in [0, 0.1) is 0 Å². The van der Waals surface area contributed by atoms with Gasteiger partial charge in [-0.05, 0) is 38.7 Å². The minimum absolute atomic E-state index is 0.133. The normalized spacial score (nSPS) is 13.5. The minimum Gasteiger partial charge on any atom is -0.409 e. The highest BCUT2D eigenvalue weighted by Gasteiger charge is 2.24. The van der Waals surface area contributed by atoms with Gasteiger partial charge in [0.15, 0.2) is 8.32 Å². The second-order valence-electron chi connectivity index (χ2n) is 4.88. The molecule has 1 unspecified atom stereocenters. The summed E-state index contributed by atoms with van der Waals surface area (Å²) in [5.74, 6) is 0.133. The van der Waals surface area contributed by atoms with Crippen molar-refractivity contribution in [3.05, 3.63) is 30.1 Å². The largest absolute Gasteiger partial charge is 0.409 e. The molecule has 0 saturated carbocycles. The number of carbonyl (C=O) groups is 1. The van der Waals surface area contributed by atoms with E-state index in [4.69, 9.17) is 4.43 Å². The van der Waals surface area contributed by atoms with Crippen molar-refractivity contribution >= 4 is 14.1 Å². The van der Waals surface area contributed by atoms with E-state index in [1.54, 1.807) is 13.1 Å². The Balaban J connectivity index is 2.84. The van der Waals surface area contributed by atoms with E-state index in [0.717, 1.165) is 5.69 Å². The number of aromatic nitrogens is 1. The minimum atomic E-state index is -1.66. The Labute approximate surface area is 98.0 Å². The van der Waals surface area contributed by atoms with Crippen molar-refractivity contribution < 1.29 is 9.22 Å². The first-order chi connectivity index (χ1) is 7.38. The molecule has 0 radical (unpaired) electrons. The lowest BCUT2D eigenvalue weighted by molar-refractivity contribution is -0.118. The van der Waals surface area contributed by atoms with Crippen molar-refractivity contribution in [2.45, 2.75) is 39.1 Å². The molecule has 0 N–H and O–H groups in total. The standard InChI is InChI=1S/C12H19NO2Si/c1-10(14)9-12(15-16(2,3)4)11-7-5-6-8-13-11/h5-8,12H,9H2,1-4H3. The van der Waals surface area contributed by atoms with Crippen LogP contribution in [0.3, 0.4) is 0 Å². The number of Topliss-reactive ketones (excluding diaryl/α,β-unsaturated/α-hetero) is 1. The predicted octanol–water partition coefficient (Wildman–Crippen LogP) is 2.95. The van der Waals surface area contributed by atoms with Crippen molar-refractivity contribution in [2.24, 2.45) is 0 Å². The summed E-state index contributed by atoms with van der Waals surface area (Å²) in [7, 11) is -1.66. The quantitative estimate of drug-likeness (QED) is 0.739. The van der Waals surface area contributed by atoms with Gasteiger partial charge in [-0.15, -0.1) is 0 Å². The number of pyridine rings is 1. The van der Waals surface area contributed by atoms with Gasteiger partial charge in [0.05, 0.1) is 11.8 Å². The van der Waals surface area contributed by atoms with Gasteiger partial charge in [0.2, 0.25) is 0 Å². The molecule has 0 saturated heterocycles. The number of rotatable bonds is 5. The van der Waals surface area contributed by atoms with Crippen LogP contribution in [0.1, 0.15) is 25.1 Å². The highest BCUT2D eigenvalue weighted by atomic mass is 28.4. The first-order valence-electron chi connectivity index (χ1n) is 5.46. The molecule has 88 valence electrons. The van der Waals surface area contributed by atoms with E-state index in [2.05, 4.69) is 24.6 Å². The number of carbonyl (C=O) groups excluding carboxylic acids is 1. The van der Waals surface area contributed by atoms with E-state index in [9.17, 15) is 4.79 Å². The molecule has 0 aliphatic carbocycles. The van der Waals surface area contributed by atoms with Crippen LogP contribution in [0.5, 0.6) is 0 Å². The van der Waals surface area contributed by atoms with Gasteiger partial charge in [-0.2, -0.15) is 0 Å². The highest BCUT2D eigenvalue weighted by molar-refractivity contribution is 6.69. The van der Waals surface area contributed by atoms with Crippen LogP contribution in [0.2, 0.25) is 19.6 Å². The Morgan fingerprint density at radius 1 is 1.44 bits per heavy atom. The van der Waals surface area contributed by atoms with Crippen molar-refractivity contribution in [1.29, 1.82) is 0 Å². The maximum atomic E-state index is 11.2. The third kappa shape index (κ3) is 4.68. The fourth-order valence-corrected chi connectivity index (χ4v) is 2.52. The molecule has 1 atom stereocenters. The maximum absolute atomic E-state index is 11.2. The number of nitrogens with zero attached hydrogens (tertiary/aromatic N) is 1. The number of hydrogen-bond donors (Lipinski definition) is 0. The molecule has 0 bridgehead atoms. The zero-order valence-electron chi connectivity index (χ0n) is 10.4. The summed E-state index contributed by atoms with van der Waals surface area (Å²) in [6.07, 6.45) is 1.95. The first kappa shape index (κ1) is 13.1. The van der Waals surface area contributed by atoms with Crippen molar-refractivity contribution in [1.82, 2.24) is 4.98 Å². The fraction of sp³-hybridized carbons (Fsp3) is 0.500. The van der Waals surface area contributed by atoms with Gasteiger partial charge in [-0.25, -0.2) is 0 Å². The molecule has 1 aromatic heterocycles. The van der Waals surface area contributed by atoms with E-state index in [1.165, 1.54) is 0 Å². The summed E-state index contributed by atoms with van der Waals surface area (Å²) in [4.78, 5) is 15.5. The van der Waals surface area contributed by atoms with Gasteiger partial charge in [-0.3, -0.25) is 9.78 Å². The Kier molecular flexibility index (Phi) is 4.38. The molecule has 1 rings (SSSR count). The van der Waals surface area contributed by atoms with Gasteiger partial charge in [-0.1, -0.05) is 6.07 Å². The number of hydrogen-bond acceptors (Lipinski definition) is 3. The van der Waals surface area contributed by atoms with Crippen LogP contribution in [0.25, 0.3) is 0 Å². The molecule has 0 spiro atoms. The first-order valence-corrected chi connectivity index (χ1v) is 8.87. The summed E-state index contributed by atoms with van der Waals surface area (Å²) in [5.41, 5.74) is 0.847. The van der Waals surface area contributed by atoms with E-state index in [0.29, 0.717) is 6.42 Å². The Hall–Kier alpha value is -1.00. The molecule has 1 aromatic rings. The summed E-state index contributed by atoms with van der Waals surface area (Å²) in [5, 5.41) is 0. The highest BCUT2D eigenvalue weighted by Crippen LogP contribution is 2.23. The fourth-order valence-electron chi connectivity index (χ4n) is 1.46. The van der Waals surface area contributed by atoms with E-state index in [1.807, 2.05) is 18.2 Å². The monoisotopic (exact) mass is 237 g/mol. The molecular weight excluding hydrogens is 218 g/mol. The molecule has 0 amide bonds. The average molecular weight is 237 g/mol. The van der Waals surface area contributed by atoms with E-state index >= 15 is 0 Å². The predicted molar refractivity (Wildman–Crippen MR) is 66.7 cm³/mol. The number of ketones is 1. The van der Waals surface area contributed by atoms with Crippen LogP contribution >= 0.6 is 0 Å². The van der Waals surface area contributed by atoms with Crippen LogP contribution in [-0.2, 0) is 9.22 Å². The molecule has 0 fully saturated rings. The van der Waals surface area contributed by atoms with E-state index in [-0.39, 0.29) is 11.9 Å². The average Bonchev–Trinajstić information content (AvgIpc) is 2.15. The SMILES string of the molecule is CC(=O)CC(O[Si](C)(C)C)c1ccccn1. The topological polar surface area (TPSA) is 39.2 Å². The van der Waals surface area contributed by atoms with Crippen LogP contribution in [0.4, 0.5) is 0 Å². The molecule has 0 aromatic carbocycles. The van der Waals surface area contributed by atoms with Crippen LogP contribution < -0.4 is 0 Å². The molecule has 16 heavy (non-hydrogen) atoms. The Bertz CT molecular complexity index is 346. The smallest absolute Gasteiger partial charge is 0.184 e. The zero-order valence-corrected chi connectivity index (χ0v) is 11.4. The Morgan fingerprint density at radius 2 is 2.12 bits per heavy atom. The molecule has 1 heterocycles. The molecule has 0 aliphatic heterocycles. The van der Waals surface area contributed by atoms with Crippen molar-refractivity contribution in [3.63, 3.8) is 0 Å². The second kappa shape index (κ2) is 5.36. The van der Waals surface area contributed by atoms with Gasteiger partial charge in [0.25, 0.3) is 0 Å². The third-order valence-electron chi connectivity index (χ3n) is 1.99. The lowest BCUT2D eigenvalue weighted by Crippen LogP contribution is -2.29. The summed E-state index contributed by atoms with van der Waals surface area (Å²) >= 11 is 0. The van der Waals surface area contributed by atoms with Gasteiger partial charge in [0, 0.05) is 12.6 Å². The molecular formula is C12H19NO2Si. The lowest BCUT2D eigenvalue weighted by Gasteiger charge is -2.25. The van der Waals surface area contributed by atoms with Gasteiger partial charge >= 0.3 is 0 Å². The van der Waals surface area contributed by atoms with Crippen molar-refractivity contribution in [2.75, 3.05) is 0 Å². The second-order valence-corrected chi connectivity index (χ2v) is 9.34. The molecule has 0 aliphatic rings. The maximum Gasteiger partial charge on any atom is 0.184 e. The lowest BCUT2D eigenvalue weighted by atomic mass is 10.1.